The molecule has 2 rings (SSSR count). The van der Waals surface area contributed by atoms with Crippen LogP contribution >= 0.6 is 11.8 Å². The summed E-state index contributed by atoms with van der Waals surface area (Å²) in [6.45, 7) is 3.71. The molecule has 27 heavy (non-hydrogen) atoms. The summed E-state index contributed by atoms with van der Waals surface area (Å²) in [6, 6.07) is 9.14. The van der Waals surface area contributed by atoms with Gasteiger partial charge in [-0.05, 0) is 43.7 Å². The van der Waals surface area contributed by atoms with E-state index in [0.717, 1.165) is 5.56 Å². The fraction of sp³-hybridized carbons (Fsp3) is 0.350. The second-order valence-corrected chi connectivity index (χ2v) is 7.65. The number of hydrogen-bond acceptors (Lipinski definition) is 4. The number of benzene rings is 2. The Bertz CT molecular complexity index is 781. The molecule has 2 aromatic carbocycles. The van der Waals surface area contributed by atoms with Crippen LogP contribution in [0.4, 0.5) is 8.78 Å². The number of hydrogen-bond donors (Lipinski definition) is 1. The number of carbonyl (C=O) groups excluding carboxylic acids is 1. The molecular formula is C20H23F2NO3S. The molecule has 2 unspecified atom stereocenters. The molecule has 2 atom stereocenters. The minimum atomic E-state index is -0.604. The van der Waals surface area contributed by atoms with E-state index in [2.05, 4.69) is 5.32 Å². The third kappa shape index (κ3) is 5.35. The minimum absolute atomic E-state index is 0.0120. The Morgan fingerprint density at radius 1 is 1.07 bits per heavy atom. The van der Waals surface area contributed by atoms with Crippen molar-refractivity contribution in [1.29, 1.82) is 0 Å². The fourth-order valence-electron chi connectivity index (χ4n) is 2.66. The number of amides is 1. The van der Waals surface area contributed by atoms with Crippen LogP contribution in [0.5, 0.6) is 11.5 Å². The molecule has 0 aromatic heterocycles. The van der Waals surface area contributed by atoms with Gasteiger partial charge in [0.05, 0.1) is 19.5 Å². The molecule has 2 aromatic rings. The predicted molar refractivity (Wildman–Crippen MR) is 103 cm³/mol. The molecule has 0 heterocycles. The van der Waals surface area contributed by atoms with Gasteiger partial charge >= 0.3 is 0 Å². The van der Waals surface area contributed by atoms with Crippen molar-refractivity contribution in [3.8, 4) is 11.5 Å². The van der Waals surface area contributed by atoms with Gasteiger partial charge in [-0.2, -0.15) is 0 Å². The van der Waals surface area contributed by atoms with E-state index in [1.165, 1.54) is 30.0 Å². The Morgan fingerprint density at radius 2 is 1.70 bits per heavy atom. The highest BCUT2D eigenvalue weighted by molar-refractivity contribution is 8.00. The minimum Gasteiger partial charge on any atom is -0.493 e. The lowest BCUT2D eigenvalue weighted by atomic mass is 10.1. The molecular weight excluding hydrogens is 372 g/mol. The van der Waals surface area contributed by atoms with Crippen LogP contribution in [0.1, 0.15) is 30.2 Å². The second-order valence-electron chi connectivity index (χ2n) is 5.96. The van der Waals surface area contributed by atoms with Crippen molar-refractivity contribution < 1.29 is 23.0 Å². The van der Waals surface area contributed by atoms with E-state index in [1.54, 1.807) is 40.2 Å². The number of rotatable bonds is 8. The van der Waals surface area contributed by atoms with Gasteiger partial charge in [-0.3, -0.25) is 4.79 Å². The van der Waals surface area contributed by atoms with Gasteiger partial charge in [0, 0.05) is 17.4 Å². The average molecular weight is 395 g/mol. The predicted octanol–water partition coefficient (Wildman–Crippen LogP) is 4.48. The van der Waals surface area contributed by atoms with E-state index in [1.807, 2.05) is 6.07 Å². The first-order valence-electron chi connectivity index (χ1n) is 8.45. The summed E-state index contributed by atoms with van der Waals surface area (Å²) >= 11 is 1.20. The van der Waals surface area contributed by atoms with Crippen LogP contribution < -0.4 is 14.8 Å². The van der Waals surface area contributed by atoms with Gasteiger partial charge in [-0.25, -0.2) is 8.78 Å². The van der Waals surface area contributed by atoms with Crippen molar-refractivity contribution in [2.24, 2.45) is 0 Å². The van der Waals surface area contributed by atoms with E-state index in [0.29, 0.717) is 18.0 Å². The SMILES string of the molecule is COc1ccc(CNC(=O)C(C)SC(C)c2c(F)cccc2F)cc1OC. The topological polar surface area (TPSA) is 47.6 Å². The lowest BCUT2D eigenvalue weighted by Crippen LogP contribution is -2.30. The smallest absolute Gasteiger partial charge is 0.233 e. The van der Waals surface area contributed by atoms with Gasteiger partial charge in [-0.1, -0.05) is 12.1 Å². The summed E-state index contributed by atoms with van der Waals surface area (Å²) < 4.78 is 38.2. The zero-order valence-corrected chi connectivity index (χ0v) is 16.5. The van der Waals surface area contributed by atoms with E-state index < -0.39 is 22.1 Å². The van der Waals surface area contributed by atoms with Gasteiger partial charge < -0.3 is 14.8 Å². The maximum atomic E-state index is 13.9. The Hall–Kier alpha value is -2.28. The lowest BCUT2D eigenvalue weighted by molar-refractivity contribution is -0.120. The molecule has 0 aliphatic carbocycles. The van der Waals surface area contributed by atoms with Crippen LogP contribution in [0.25, 0.3) is 0 Å². The van der Waals surface area contributed by atoms with Crippen LogP contribution in [0.3, 0.4) is 0 Å². The van der Waals surface area contributed by atoms with Crippen molar-refractivity contribution in [3.05, 3.63) is 59.2 Å². The monoisotopic (exact) mass is 395 g/mol. The number of carbonyl (C=O) groups is 1. The third-order valence-corrected chi connectivity index (χ3v) is 5.36. The first-order valence-corrected chi connectivity index (χ1v) is 9.39. The van der Waals surface area contributed by atoms with Crippen LogP contribution in [-0.4, -0.2) is 25.4 Å². The highest BCUT2D eigenvalue weighted by Gasteiger charge is 2.22. The molecule has 0 saturated carbocycles. The number of ether oxygens (including phenoxy) is 2. The average Bonchev–Trinajstić information content (AvgIpc) is 2.65. The van der Waals surface area contributed by atoms with E-state index in [-0.39, 0.29) is 11.5 Å². The Balaban J connectivity index is 1.96. The first kappa shape index (κ1) is 21.0. The first-order chi connectivity index (χ1) is 12.9. The zero-order valence-electron chi connectivity index (χ0n) is 15.7. The molecule has 146 valence electrons. The number of nitrogens with one attached hydrogen (secondary N) is 1. The molecule has 0 aliphatic heterocycles. The number of halogens is 2. The van der Waals surface area contributed by atoms with Crippen LogP contribution in [0.2, 0.25) is 0 Å². The molecule has 1 N–H and O–H groups in total. The van der Waals surface area contributed by atoms with E-state index in [4.69, 9.17) is 9.47 Å². The van der Waals surface area contributed by atoms with Crippen molar-refractivity contribution in [2.75, 3.05) is 14.2 Å². The fourth-order valence-corrected chi connectivity index (χ4v) is 3.84. The Kier molecular flexibility index (Phi) is 7.47. The van der Waals surface area contributed by atoms with Gasteiger partial charge in [0.15, 0.2) is 11.5 Å². The van der Waals surface area contributed by atoms with Crippen molar-refractivity contribution in [2.45, 2.75) is 30.9 Å². The second kappa shape index (κ2) is 9.60. The van der Waals surface area contributed by atoms with Crippen molar-refractivity contribution in [3.63, 3.8) is 0 Å². The highest BCUT2D eigenvalue weighted by atomic mass is 32.2. The highest BCUT2D eigenvalue weighted by Crippen LogP contribution is 2.35. The van der Waals surface area contributed by atoms with Crippen LogP contribution in [0.15, 0.2) is 36.4 Å². The van der Waals surface area contributed by atoms with E-state index >= 15 is 0 Å². The molecule has 0 spiro atoms. The molecule has 0 fully saturated rings. The molecule has 0 saturated heterocycles. The maximum absolute atomic E-state index is 13.9. The summed E-state index contributed by atoms with van der Waals surface area (Å²) in [4.78, 5) is 12.4. The molecule has 1 amide bonds. The van der Waals surface area contributed by atoms with Crippen LogP contribution in [0, 0.1) is 11.6 Å². The summed E-state index contributed by atoms with van der Waals surface area (Å²) in [5.41, 5.74) is 0.841. The van der Waals surface area contributed by atoms with Gasteiger partial charge in [-0.15, -0.1) is 11.8 Å². The maximum Gasteiger partial charge on any atom is 0.233 e. The molecule has 7 heteroatoms. The molecule has 0 bridgehead atoms. The number of methoxy groups -OCH3 is 2. The van der Waals surface area contributed by atoms with Gasteiger partial charge in [0.2, 0.25) is 5.91 Å². The largest absolute Gasteiger partial charge is 0.493 e. The normalized spacial score (nSPS) is 13.0. The summed E-state index contributed by atoms with van der Waals surface area (Å²) in [5, 5.41) is 1.86. The third-order valence-electron chi connectivity index (χ3n) is 4.10. The summed E-state index contributed by atoms with van der Waals surface area (Å²) in [7, 11) is 3.10. The Labute approximate surface area is 162 Å². The van der Waals surface area contributed by atoms with Gasteiger partial charge in [0.25, 0.3) is 0 Å². The molecule has 4 nitrogen and oxygen atoms in total. The summed E-state index contributed by atoms with van der Waals surface area (Å²) in [6.07, 6.45) is 0. The van der Waals surface area contributed by atoms with Crippen molar-refractivity contribution >= 4 is 17.7 Å². The standard InChI is InChI=1S/C20H23F2NO3S/c1-12(19-15(21)6-5-7-16(19)22)27-13(2)20(24)23-11-14-8-9-17(25-3)18(10-14)26-4/h5-10,12-13H,11H2,1-4H3,(H,23,24). The van der Waals surface area contributed by atoms with Crippen molar-refractivity contribution in [1.82, 2.24) is 5.32 Å². The molecule has 0 aliphatic rings. The number of thioether (sulfide) groups is 1. The quantitative estimate of drug-likeness (QED) is 0.716. The molecule has 0 radical (unpaired) electrons. The summed E-state index contributed by atoms with van der Waals surface area (Å²) in [5.74, 6) is -0.230. The zero-order chi connectivity index (χ0) is 20.0. The van der Waals surface area contributed by atoms with E-state index in [9.17, 15) is 13.6 Å². The van der Waals surface area contributed by atoms with Crippen LogP contribution in [-0.2, 0) is 11.3 Å². The lowest BCUT2D eigenvalue weighted by Gasteiger charge is -2.18. The van der Waals surface area contributed by atoms with Gasteiger partial charge in [0.1, 0.15) is 11.6 Å². The Morgan fingerprint density at radius 3 is 2.30 bits per heavy atom.